The van der Waals surface area contributed by atoms with Crippen molar-refractivity contribution in [2.24, 2.45) is 0 Å². The second kappa shape index (κ2) is 12.2. The molecular weight excluding hydrogens is 382 g/mol. The predicted molar refractivity (Wildman–Crippen MR) is 130 cm³/mol. The summed E-state index contributed by atoms with van der Waals surface area (Å²) in [6.07, 6.45) is 15.4. The van der Waals surface area contributed by atoms with Crippen LogP contribution in [0.5, 0.6) is 0 Å². The van der Waals surface area contributed by atoms with Gasteiger partial charge in [0.05, 0.1) is 11.1 Å². The molecular formula is C28H37NO2. The number of rotatable bonds is 11. The van der Waals surface area contributed by atoms with E-state index in [0.717, 1.165) is 38.5 Å². The first kappa shape index (κ1) is 24.6. The number of benzene rings is 1. The summed E-state index contributed by atoms with van der Waals surface area (Å²) in [6.45, 7) is 11.1. The van der Waals surface area contributed by atoms with E-state index in [1.165, 1.54) is 27.2 Å². The smallest absolute Gasteiger partial charge is 0.261 e. The Bertz CT molecular complexity index is 876. The fourth-order valence-corrected chi connectivity index (χ4v) is 3.64. The van der Waals surface area contributed by atoms with E-state index in [9.17, 15) is 9.59 Å². The predicted octanol–water partition coefficient (Wildman–Crippen LogP) is 7.43. The first-order valence-electron chi connectivity index (χ1n) is 11.3. The Morgan fingerprint density at radius 2 is 1.10 bits per heavy atom. The molecule has 0 fully saturated rings. The van der Waals surface area contributed by atoms with Crippen LogP contribution in [-0.2, 0) is 0 Å². The van der Waals surface area contributed by atoms with Gasteiger partial charge in [0.25, 0.3) is 11.8 Å². The van der Waals surface area contributed by atoms with E-state index in [4.69, 9.17) is 0 Å². The number of hydrogen-bond donors (Lipinski definition) is 0. The van der Waals surface area contributed by atoms with Crippen molar-refractivity contribution >= 4 is 11.8 Å². The number of carbonyl (C=O) groups excluding carboxylic acids is 2. The van der Waals surface area contributed by atoms with Crippen LogP contribution in [0.4, 0.5) is 0 Å². The zero-order valence-electron chi connectivity index (χ0n) is 19.8. The van der Waals surface area contributed by atoms with Gasteiger partial charge in [0.1, 0.15) is 0 Å². The Hall–Kier alpha value is -2.68. The molecule has 1 heterocycles. The Kier molecular flexibility index (Phi) is 9.71. The monoisotopic (exact) mass is 419 g/mol. The fraction of sp³-hybridized carbons (Fsp3) is 0.429. The van der Waals surface area contributed by atoms with Crippen molar-refractivity contribution in [2.75, 3.05) is 6.54 Å². The molecule has 3 heteroatoms. The lowest BCUT2D eigenvalue weighted by molar-refractivity contribution is 0.0671. The molecule has 0 aromatic heterocycles. The average molecular weight is 420 g/mol. The fourth-order valence-electron chi connectivity index (χ4n) is 3.64. The topological polar surface area (TPSA) is 37.4 Å². The third kappa shape index (κ3) is 7.82. The second-order valence-corrected chi connectivity index (χ2v) is 8.82. The molecule has 31 heavy (non-hydrogen) atoms. The van der Waals surface area contributed by atoms with E-state index in [0.29, 0.717) is 17.7 Å². The molecule has 0 unspecified atom stereocenters. The van der Waals surface area contributed by atoms with Crippen molar-refractivity contribution in [3.8, 4) is 0 Å². The lowest BCUT2D eigenvalue weighted by Crippen LogP contribution is -2.29. The van der Waals surface area contributed by atoms with Gasteiger partial charge in [0, 0.05) is 6.54 Å². The number of amides is 2. The highest BCUT2D eigenvalue weighted by Crippen LogP contribution is 2.22. The molecule has 0 radical (unpaired) electrons. The van der Waals surface area contributed by atoms with Crippen LogP contribution in [0.25, 0.3) is 0 Å². The summed E-state index contributed by atoms with van der Waals surface area (Å²) in [5, 5.41) is 0. The molecule has 0 spiro atoms. The largest absolute Gasteiger partial charge is 0.270 e. The summed E-state index contributed by atoms with van der Waals surface area (Å²) in [7, 11) is 0. The summed E-state index contributed by atoms with van der Waals surface area (Å²) >= 11 is 0. The van der Waals surface area contributed by atoms with Gasteiger partial charge in [-0.1, -0.05) is 58.7 Å². The van der Waals surface area contributed by atoms with Crippen molar-refractivity contribution in [3.05, 3.63) is 82.0 Å². The van der Waals surface area contributed by atoms with Gasteiger partial charge in [0.15, 0.2) is 0 Å². The lowest BCUT2D eigenvalue weighted by atomic mass is 10.0. The van der Waals surface area contributed by atoms with Crippen molar-refractivity contribution in [1.29, 1.82) is 0 Å². The summed E-state index contributed by atoms with van der Waals surface area (Å²) in [5.41, 5.74) is 6.51. The van der Waals surface area contributed by atoms with E-state index in [2.05, 4.69) is 52.8 Å². The van der Waals surface area contributed by atoms with E-state index < -0.39 is 0 Å². The van der Waals surface area contributed by atoms with Crippen LogP contribution < -0.4 is 0 Å². The van der Waals surface area contributed by atoms with Crippen molar-refractivity contribution < 1.29 is 9.59 Å². The van der Waals surface area contributed by atoms with Crippen molar-refractivity contribution in [1.82, 2.24) is 4.90 Å². The first-order chi connectivity index (χ1) is 14.8. The molecule has 0 N–H and O–H groups in total. The zero-order valence-corrected chi connectivity index (χ0v) is 19.8. The Labute approximate surface area is 188 Å². The highest BCUT2D eigenvalue weighted by Gasteiger charge is 2.34. The van der Waals surface area contributed by atoms with E-state index in [1.54, 1.807) is 24.3 Å². The number of fused-ring (bicyclic) bond motifs is 1. The molecule has 0 atom stereocenters. The maximum absolute atomic E-state index is 12.4. The van der Waals surface area contributed by atoms with E-state index in [1.807, 2.05) is 6.08 Å². The average Bonchev–Trinajstić information content (AvgIpc) is 2.96. The molecule has 0 saturated carbocycles. The van der Waals surface area contributed by atoms with Gasteiger partial charge in [-0.3, -0.25) is 14.5 Å². The van der Waals surface area contributed by atoms with Gasteiger partial charge in [-0.15, -0.1) is 0 Å². The molecule has 1 aliphatic heterocycles. The lowest BCUT2D eigenvalue weighted by Gasteiger charge is -2.11. The Morgan fingerprint density at radius 3 is 1.55 bits per heavy atom. The highest BCUT2D eigenvalue weighted by molar-refractivity contribution is 6.21. The van der Waals surface area contributed by atoms with Crippen molar-refractivity contribution in [2.45, 2.75) is 73.1 Å². The number of imide groups is 1. The maximum atomic E-state index is 12.4. The van der Waals surface area contributed by atoms with Gasteiger partial charge >= 0.3 is 0 Å². The third-order valence-electron chi connectivity index (χ3n) is 5.65. The molecule has 3 nitrogen and oxygen atoms in total. The zero-order chi connectivity index (χ0) is 22.8. The molecule has 1 aromatic carbocycles. The van der Waals surface area contributed by atoms with Crippen LogP contribution in [0.3, 0.4) is 0 Å². The van der Waals surface area contributed by atoms with Gasteiger partial charge in [0.2, 0.25) is 0 Å². The Morgan fingerprint density at radius 1 is 0.677 bits per heavy atom. The minimum atomic E-state index is -0.190. The van der Waals surface area contributed by atoms with Crippen LogP contribution in [-0.4, -0.2) is 23.3 Å². The standard InChI is InChI=1S/C28H37NO2/c1-21(2)11-8-12-22(3)13-9-14-23(4)15-10-16-24(5)19-20-29-27(30)25-17-6-7-18-26(25)28(29)31/h6-7,11,13,15,17-19H,8-10,12,14,16,20H2,1-5H3/b22-13+,23-15+,24-19+. The molecule has 0 bridgehead atoms. The molecule has 0 saturated heterocycles. The third-order valence-corrected chi connectivity index (χ3v) is 5.65. The number of allylic oxidation sites excluding steroid dienone is 7. The van der Waals surface area contributed by atoms with Gasteiger partial charge < -0.3 is 0 Å². The maximum Gasteiger partial charge on any atom is 0.261 e. The van der Waals surface area contributed by atoms with Crippen LogP contribution in [0, 0.1) is 0 Å². The SMILES string of the molecule is CC(C)=CCC/C(C)=C/CC/C(C)=C/CC/C(C)=C/CN1C(=O)c2ccccc2C1=O. The highest BCUT2D eigenvalue weighted by atomic mass is 16.2. The van der Waals surface area contributed by atoms with Crippen LogP contribution in [0.2, 0.25) is 0 Å². The minimum absolute atomic E-state index is 0.190. The van der Waals surface area contributed by atoms with Gasteiger partial charge in [-0.2, -0.15) is 0 Å². The summed E-state index contributed by atoms with van der Waals surface area (Å²) < 4.78 is 0. The molecule has 166 valence electrons. The van der Waals surface area contributed by atoms with Gasteiger partial charge in [-0.05, 0) is 85.3 Å². The summed E-state index contributed by atoms with van der Waals surface area (Å²) in [5.74, 6) is -0.380. The summed E-state index contributed by atoms with van der Waals surface area (Å²) in [4.78, 5) is 26.2. The van der Waals surface area contributed by atoms with Crippen LogP contribution in [0.1, 0.15) is 93.9 Å². The molecule has 2 amide bonds. The van der Waals surface area contributed by atoms with E-state index in [-0.39, 0.29) is 11.8 Å². The number of nitrogens with zero attached hydrogens (tertiary/aromatic N) is 1. The molecule has 1 aliphatic rings. The molecule has 0 aliphatic carbocycles. The Balaban J connectivity index is 1.73. The van der Waals surface area contributed by atoms with Crippen LogP contribution >= 0.6 is 0 Å². The quantitative estimate of drug-likeness (QED) is 0.276. The van der Waals surface area contributed by atoms with Crippen molar-refractivity contribution in [3.63, 3.8) is 0 Å². The second-order valence-electron chi connectivity index (χ2n) is 8.82. The van der Waals surface area contributed by atoms with Crippen LogP contribution in [0.15, 0.2) is 70.9 Å². The molecule has 1 aromatic rings. The number of carbonyl (C=O) groups is 2. The first-order valence-corrected chi connectivity index (χ1v) is 11.3. The normalized spacial score (nSPS) is 14.9. The number of hydrogen-bond acceptors (Lipinski definition) is 2. The van der Waals surface area contributed by atoms with E-state index >= 15 is 0 Å². The summed E-state index contributed by atoms with van der Waals surface area (Å²) in [6, 6.07) is 7.04. The minimum Gasteiger partial charge on any atom is -0.270 e. The van der Waals surface area contributed by atoms with Gasteiger partial charge in [-0.25, -0.2) is 0 Å². The molecule has 2 rings (SSSR count).